The molecule has 0 aliphatic rings. The topological polar surface area (TPSA) is 0 Å². The van der Waals surface area contributed by atoms with E-state index in [9.17, 15) is 0 Å². The Hall–Kier alpha value is 1.05. The second-order valence-electron chi connectivity index (χ2n) is 0.736. The Morgan fingerprint density at radius 3 is 2.17 bits per heavy atom. The van der Waals surface area contributed by atoms with Crippen LogP contribution >= 0.6 is 0 Å². The smallest absolute Gasteiger partial charge is 0 e. The van der Waals surface area contributed by atoms with Crippen LogP contribution in [0.4, 0.5) is 0 Å². The fourth-order valence-electron chi connectivity index (χ4n) is 0.0962. The van der Waals surface area contributed by atoms with Gasteiger partial charge in [-0.1, -0.05) is 0 Å². The van der Waals surface area contributed by atoms with Crippen LogP contribution in [-0.4, -0.2) is 0 Å². The van der Waals surface area contributed by atoms with Gasteiger partial charge in [0.15, 0.2) is 0 Å². The van der Waals surface area contributed by atoms with Crippen molar-refractivity contribution in [1.82, 2.24) is 0 Å². The zero-order chi connectivity index (χ0) is 4.12. The summed E-state index contributed by atoms with van der Waals surface area (Å²) in [7, 11) is 0. The molecule has 0 rings (SSSR count). The van der Waals surface area contributed by atoms with Crippen LogP contribution in [0.25, 0.3) is 0 Å². The van der Waals surface area contributed by atoms with Crippen LogP contribution in [0, 0.1) is 0 Å². The van der Waals surface area contributed by atoms with Gasteiger partial charge in [-0.15, -0.1) is 0 Å². The molecular formula is C4H7MoZn. The molecule has 0 unspecified atom stereocenters. The predicted octanol–water partition coefficient (Wildman–Crippen LogP) is 1.53. The van der Waals surface area contributed by atoms with Crippen molar-refractivity contribution in [3.05, 3.63) is 12.2 Å². The Morgan fingerprint density at radius 1 is 1.67 bits per heavy atom. The Morgan fingerprint density at radius 2 is 2.17 bits per heavy atom. The Balaban J connectivity index is 0. The van der Waals surface area contributed by atoms with Crippen LogP contribution < -0.4 is 0 Å². The maximum absolute atomic E-state index is 2.13. The molecule has 0 bridgehead atoms. The molecule has 0 nitrogen and oxygen atoms in total. The summed E-state index contributed by atoms with van der Waals surface area (Å²) >= 11 is 2.07. The van der Waals surface area contributed by atoms with Gasteiger partial charge in [0.25, 0.3) is 0 Å². The second-order valence-corrected chi connectivity index (χ2v) is 1.56. The average Bonchev–Trinajstić information content (AvgIpc) is 1.41. The number of rotatable bonds is 1. The fourth-order valence-corrected chi connectivity index (χ4v) is 0.569. The summed E-state index contributed by atoms with van der Waals surface area (Å²) < 4.78 is 0. The average molecular weight is 216 g/mol. The first-order valence-electron chi connectivity index (χ1n) is 1.61. The predicted molar refractivity (Wildman–Crippen MR) is 19.6 cm³/mol. The summed E-state index contributed by atoms with van der Waals surface area (Å²) in [5.41, 5.74) is 0. The van der Waals surface area contributed by atoms with Crippen molar-refractivity contribution < 1.29 is 39.3 Å². The van der Waals surface area contributed by atoms with Gasteiger partial charge in [-0.05, 0) is 0 Å². The molecule has 0 saturated heterocycles. The van der Waals surface area contributed by atoms with E-state index in [2.05, 4.69) is 32.0 Å². The van der Waals surface area contributed by atoms with Gasteiger partial charge < -0.3 is 0 Å². The molecule has 0 aromatic rings. The second kappa shape index (κ2) is 9.41. The van der Waals surface area contributed by atoms with Gasteiger partial charge in [0.05, 0.1) is 0 Å². The van der Waals surface area contributed by atoms with Gasteiger partial charge in [-0.3, -0.25) is 0 Å². The van der Waals surface area contributed by atoms with Crippen LogP contribution in [0.2, 0.25) is 4.81 Å². The Kier molecular flexibility index (Phi) is 15.9. The van der Waals surface area contributed by atoms with Gasteiger partial charge in [0.1, 0.15) is 0 Å². The number of hydrogen-bond acceptors (Lipinski definition) is 0. The summed E-state index contributed by atoms with van der Waals surface area (Å²) in [5, 5.41) is 0. The van der Waals surface area contributed by atoms with Crippen molar-refractivity contribution in [3.8, 4) is 0 Å². The van der Waals surface area contributed by atoms with E-state index >= 15 is 0 Å². The minimum atomic E-state index is 0. The summed E-state index contributed by atoms with van der Waals surface area (Å²) in [4.78, 5) is 1.17. The van der Waals surface area contributed by atoms with Crippen molar-refractivity contribution in [2.24, 2.45) is 0 Å². The first-order valence-corrected chi connectivity index (χ1v) is 3.03. The van der Waals surface area contributed by atoms with Gasteiger partial charge in [-0.25, -0.2) is 0 Å². The molecule has 0 spiro atoms. The van der Waals surface area contributed by atoms with Crippen LogP contribution in [0.3, 0.4) is 0 Å². The van der Waals surface area contributed by atoms with Crippen LogP contribution in [0.15, 0.2) is 12.2 Å². The van der Waals surface area contributed by atoms with E-state index in [0.717, 1.165) is 0 Å². The molecule has 0 N–H and O–H groups in total. The molecule has 0 heterocycles. The minimum absolute atomic E-state index is 0. The van der Waals surface area contributed by atoms with Crippen LogP contribution in [-0.2, 0) is 39.3 Å². The quantitative estimate of drug-likeness (QED) is 0.461. The zero-order valence-electron chi connectivity index (χ0n) is 3.98. The van der Waals surface area contributed by atoms with Gasteiger partial charge in [0.2, 0.25) is 0 Å². The van der Waals surface area contributed by atoms with Crippen molar-refractivity contribution in [2.45, 2.75) is 11.7 Å². The first kappa shape index (κ1) is 10.1. The molecule has 0 aliphatic heterocycles. The molecule has 0 aromatic heterocycles. The Labute approximate surface area is 63.1 Å². The maximum Gasteiger partial charge on any atom is 0 e. The first-order chi connectivity index (χ1) is 2.41. The molecule has 0 radical (unpaired) electrons. The summed E-state index contributed by atoms with van der Waals surface area (Å²) in [6.07, 6.45) is 4.19. The molecule has 31 valence electrons. The fraction of sp³-hybridized carbons (Fsp3) is 0.500. The van der Waals surface area contributed by atoms with E-state index in [-0.39, 0.29) is 19.5 Å². The molecule has 6 heavy (non-hydrogen) atoms. The SMILES string of the molecule is CC=C[CH2][Mo].[Zn]. The third-order valence-corrected chi connectivity index (χ3v) is 0.805. The van der Waals surface area contributed by atoms with E-state index in [1.54, 1.807) is 0 Å². The standard InChI is InChI=1S/C4H7.Mo.Zn/c1-3-4-2;;/h3-4H,1H2,2H3;;. The van der Waals surface area contributed by atoms with E-state index in [0.29, 0.717) is 0 Å². The molecule has 0 aromatic carbocycles. The molecule has 0 aliphatic carbocycles. The third kappa shape index (κ3) is 8.90. The Bertz CT molecular complexity index is 34.5. The minimum Gasteiger partial charge on any atom is 0 e. The summed E-state index contributed by atoms with van der Waals surface area (Å²) in [5.74, 6) is 0. The molecular weight excluding hydrogens is 209 g/mol. The van der Waals surface area contributed by atoms with E-state index in [4.69, 9.17) is 0 Å². The summed E-state index contributed by atoms with van der Waals surface area (Å²) in [6, 6.07) is 0. The van der Waals surface area contributed by atoms with Crippen molar-refractivity contribution >= 4 is 0 Å². The van der Waals surface area contributed by atoms with E-state index in [1.807, 2.05) is 6.92 Å². The van der Waals surface area contributed by atoms with Gasteiger partial charge >= 0.3 is 43.7 Å². The third-order valence-electron chi connectivity index (χ3n) is 0.332. The molecule has 0 amide bonds. The van der Waals surface area contributed by atoms with Crippen molar-refractivity contribution in [3.63, 3.8) is 0 Å². The van der Waals surface area contributed by atoms with E-state index < -0.39 is 0 Å². The van der Waals surface area contributed by atoms with E-state index in [1.165, 1.54) is 4.81 Å². The number of hydrogen-bond donors (Lipinski definition) is 0. The molecule has 0 atom stereocenters. The van der Waals surface area contributed by atoms with Crippen LogP contribution in [0.1, 0.15) is 6.92 Å². The maximum atomic E-state index is 2.13. The normalized spacial score (nSPS) is 8.17. The summed E-state index contributed by atoms with van der Waals surface area (Å²) in [6.45, 7) is 2.03. The van der Waals surface area contributed by atoms with Crippen LogP contribution in [0.5, 0.6) is 0 Å². The van der Waals surface area contributed by atoms with Gasteiger partial charge in [-0.2, -0.15) is 0 Å². The molecule has 0 fully saturated rings. The number of allylic oxidation sites excluding steroid dienone is 2. The molecule has 0 saturated carbocycles. The van der Waals surface area contributed by atoms with Crippen molar-refractivity contribution in [1.29, 1.82) is 0 Å². The van der Waals surface area contributed by atoms with Crippen molar-refractivity contribution in [2.75, 3.05) is 0 Å². The zero-order valence-corrected chi connectivity index (χ0v) is 8.95. The largest absolute Gasteiger partial charge is 0 e. The molecule has 2 heteroatoms. The van der Waals surface area contributed by atoms with Gasteiger partial charge in [0, 0.05) is 19.5 Å². The monoisotopic (exact) mass is 217 g/mol.